The van der Waals surface area contributed by atoms with Crippen LogP contribution in [0.15, 0.2) is 48.5 Å². The van der Waals surface area contributed by atoms with Gasteiger partial charge < -0.3 is 36.5 Å². The molecule has 3 aromatic carbocycles. The minimum atomic E-state index is -2.39. The number of amides is 4. The van der Waals surface area contributed by atoms with Crippen molar-refractivity contribution in [2.75, 3.05) is 17.6 Å². The Morgan fingerprint density at radius 3 is 2.05 bits per heavy atom. The summed E-state index contributed by atoms with van der Waals surface area (Å²) < 4.78 is 77.3. The number of pyridine rings is 1. The van der Waals surface area contributed by atoms with Gasteiger partial charge in [0.1, 0.15) is 24.5 Å². The predicted molar refractivity (Wildman–Crippen MR) is 235 cm³/mol. The number of unbranched alkanes of at least 4 members (excludes halogenated alkanes) is 5. The number of nitrogens with zero attached hydrogens (tertiary/aromatic N) is 1. The van der Waals surface area contributed by atoms with Gasteiger partial charge in [0.2, 0.25) is 52.6 Å². The Morgan fingerprint density at radius 2 is 1.37 bits per heavy atom. The van der Waals surface area contributed by atoms with Gasteiger partial charge in [-0.05, 0) is 98.7 Å². The zero-order valence-electron chi connectivity index (χ0n) is 37.0. The van der Waals surface area contributed by atoms with E-state index in [0.717, 1.165) is 67.8 Å². The number of ether oxygens (including phenoxy) is 2. The number of rotatable bonds is 24. The van der Waals surface area contributed by atoms with E-state index in [-0.39, 0.29) is 25.9 Å². The highest BCUT2D eigenvalue weighted by molar-refractivity contribution is 5.98. The van der Waals surface area contributed by atoms with E-state index in [4.69, 9.17) is 10.5 Å². The highest BCUT2D eigenvalue weighted by atomic mass is 19.2. The van der Waals surface area contributed by atoms with Gasteiger partial charge in [0.15, 0.2) is 0 Å². The molecule has 65 heavy (non-hydrogen) atoms. The van der Waals surface area contributed by atoms with E-state index in [1.807, 2.05) is 12.1 Å². The molecule has 1 aromatic heterocycles. The lowest BCUT2D eigenvalue weighted by Gasteiger charge is -2.24. The maximum absolute atomic E-state index is 13.8. The van der Waals surface area contributed by atoms with Gasteiger partial charge in [0.25, 0.3) is 0 Å². The summed E-state index contributed by atoms with van der Waals surface area (Å²) in [6, 6.07) is 12.8. The molecule has 0 radical (unpaired) electrons. The van der Waals surface area contributed by atoms with E-state index < -0.39 is 89.0 Å². The van der Waals surface area contributed by atoms with Crippen LogP contribution in [0, 0.1) is 35.0 Å². The number of hydrogen-bond acceptors (Lipinski definition) is 9. The largest absolute Gasteiger partial charge is 0.445 e. The molecule has 0 aliphatic carbocycles. The van der Waals surface area contributed by atoms with Crippen LogP contribution in [0.25, 0.3) is 10.9 Å². The van der Waals surface area contributed by atoms with Crippen molar-refractivity contribution < 1.29 is 55.4 Å². The zero-order valence-corrected chi connectivity index (χ0v) is 37.0. The summed E-state index contributed by atoms with van der Waals surface area (Å²) in [6.45, 7) is 7.46. The van der Waals surface area contributed by atoms with E-state index in [1.54, 1.807) is 38.1 Å². The standard InChI is InChI=1S/C47H57F5N6O7/c1-5-6-8-15-31-25-33-30(16-13-17-34(33)57-44(31)53)14-9-7-12-24-54-47(63)64-26-29-20-22-32(23-21-29)56-45(61)28(4)55-46(62)42(27(2)3)58-35(59)18-10-11-19-36(60)65-43-40(51)38(49)37(48)39(50)41(43)52/h13,16-17,20-23,25,27-28,42H,5-12,14-15,18-19,24,26H2,1-4H3,(H2,53,57)(H,54,63)(H,55,62)(H,56,61)(H,58,59). The first-order chi connectivity index (χ1) is 31.0. The number of carbonyl (C=O) groups is 5. The summed E-state index contributed by atoms with van der Waals surface area (Å²) in [4.78, 5) is 67.6. The molecule has 13 nitrogen and oxygen atoms in total. The van der Waals surface area contributed by atoms with Crippen molar-refractivity contribution in [1.29, 1.82) is 0 Å². The molecule has 0 bridgehead atoms. The van der Waals surface area contributed by atoms with Crippen LogP contribution in [0.5, 0.6) is 5.75 Å². The Labute approximate surface area is 374 Å². The van der Waals surface area contributed by atoms with Crippen LogP contribution in [0.1, 0.15) is 109 Å². The highest BCUT2D eigenvalue weighted by Gasteiger charge is 2.29. The molecule has 2 unspecified atom stereocenters. The van der Waals surface area contributed by atoms with Crippen molar-refractivity contribution >= 4 is 52.2 Å². The number of aryl methyl sites for hydroxylation is 2. The molecule has 4 amide bonds. The average molecular weight is 913 g/mol. The van der Waals surface area contributed by atoms with Gasteiger partial charge in [0, 0.05) is 30.5 Å². The average Bonchev–Trinajstić information content (AvgIpc) is 3.28. The molecule has 352 valence electrons. The van der Waals surface area contributed by atoms with E-state index in [9.17, 15) is 45.9 Å². The van der Waals surface area contributed by atoms with Crippen LogP contribution in [0.2, 0.25) is 0 Å². The first kappa shape index (κ1) is 51.3. The third-order valence-corrected chi connectivity index (χ3v) is 10.5. The van der Waals surface area contributed by atoms with E-state index in [0.29, 0.717) is 23.6 Å². The molecule has 4 rings (SSSR count). The van der Waals surface area contributed by atoms with Crippen molar-refractivity contribution in [3.8, 4) is 5.75 Å². The summed E-state index contributed by atoms with van der Waals surface area (Å²) in [6.07, 6.45) is 6.59. The Bertz CT molecular complexity index is 2270. The number of nitrogen functional groups attached to an aromatic ring is 1. The number of halogens is 5. The smallest absolute Gasteiger partial charge is 0.407 e. The maximum atomic E-state index is 13.8. The van der Waals surface area contributed by atoms with Gasteiger partial charge in [-0.25, -0.2) is 22.9 Å². The number of carbonyl (C=O) groups excluding carboxylic acids is 5. The van der Waals surface area contributed by atoms with Crippen molar-refractivity contribution in [3.63, 3.8) is 0 Å². The first-order valence-electron chi connectivity index (χ1n) is 21.8. The summed E-state index contributed by atoms with van der Waals surface area (Å²) in [5.41, 5.74) is 10.6. The van der Waals surface area contributed by atoms with Crippen molar-refractivity contribution in [2.45, 2.75) is 123 Å². The minimum absolute atomic E-state index is 0.00597. The summed E-state index contributed by atoms with van der Waals surface area (Å²) in [5.74, 6) is -16.1. The molecule has 1 heterocycles. The van der Waals surface area contributed by atoms with Gasteiger partial charge in [0.05, 0.1) is 5.52 Å². The van der Waals surface area contributed by atoms with Crippen molar-refractivity contribution in [3.05, 3.63) is 94.3 Å². The van der Waals surface area contributed by atoms with Crippen molar-refractivity contribution in [2.24, 2.45) is 5.92 Å². The van der Waals surface area contributed by atoms with E-state index >= 15 is 0 Å². The molecule has 0 fully saturated rings. The van der Waals surface area contributed by atoms with Crippen LogP contribution in [0.3, 0.4) is 0 Å². The maximum Gasteiger partial charge on any atom is 0.407 e. The molecule has 0 spiro atoms. The second-order valence-electron chi connectivity index (χ2n) is 16.1. The molecule has 0 aliphatic rings. The first-order valence-corrected chi connectivity index (χ1v) is 21.8. The SMILES string of the molecule is CCCCCc1cc2c(CCCCCNC(=O)OCc3ccc(NC(=O)C(C)NC(=O)C(NC(=O)CCCCC(=O)Oc4c(F)c(F)c(F)c(F)c4F)C(C)C)cc3)cccc2nc1N. The van der Waals surface area contributed by atoms with Crippen LogP contribution < -0.4 is 31.7 Å². The van der Waals surface area contributed by atoms with Gasteiger partial charge >= 0.3 is 12.1 Å². The van der Waals surface area contributed by atoms with Crippen LogP contribution >= 0.6 is 0 Å². The molecule has 6 N–H and O–H groups in total. The van der Waals surface area contributed by atoms with Crippen molar-refractivity contribution in [1.82, 2.24) is 20.9 Å². The second-order valence-corrected chi connectivity index (χ2v) is 16.1. The minimum Gasteiger partial charge on any atom is -0.445 e. The molecule has 2 atom stereocenters. The topological polar surface area (TPSA) is 191 Å². The fraction of sp³-hybridized carbons (Fsp3) is 0.447. The summed E-state index contributed by atoms with van der Waals surface area (Å²) >= 11 is 0. The number of fused-ring (bicyclic) bond motifs is 1. The molecule has 0 aliphatic heterocycles. The molecule has 0 saturated heterocycles. The van der Waals surface area contributed by atoms with Crippen LogP contribution in [-0.2, 0) is 43.4 Å². The predicted octanol–water partition coefficient (Wildman–Crippen LogP) is 8.63. The Kier molecular flexibility index (Phi) is 19.9. The fourth-order valence-corrected chi connectivity index (χ4v) is 6.78. The number of nitrogens with one attached hydrogen (secondary N) is 4. The fourth-order valence-electron chi connectivity index (χ4n) is 6.78. The Hall–Kier alpha value is -6.33. The van der Waals surface area contributed by atoms with Gasteiger partial charge in [-0.2, -0.15) is 8.78 Å². The third kappa shape index (κ3) is 15.4. The quantitative estimate of drug-likeness (QED) is 0.0114. The molecular formula is C47H57F5N6O7. The molecule has 4 aromatic rings. The van der Waals surface area contributed by atoms with Gasteiger partial charge in [-0.3, -0.25) is 19.2 Å². The normalized spacial score (nSPS) is 12.1. The third-order valence-electron chi connectivity index (χ3n) is 10.5. The highest BCUT2D eigenvalue weighted by Crippen LogP contribution is 2.30. The number of esters is 1. The number of benzene rings is 3. The number of hydrogen-bond donors (Lipinski definition) is 5. The lowest BCUT2D eigenvalue weighted by atomic mass is 9.99. The molecule has 0 saturated carbocycles. The summed E-state index contributed by atoms with van der Waals surface area (Å²) in [7, 11) is 0. The lowest BCUT2D eigenvalue weighted by molar-refractivity contribution is -0.135. The van der Waals surface area contributed by atoms with Crippen LogP contribution in [-0.4, -0.2) is 53.4 Å². The Morgan fingerprint density at radius 1 is 0.723 bits per heavy atom. The lowest BCUT2D eigenvalue weighted by Crippen LogP contribution is -2.53. The van der Waals surface area contributed by atoms with Crippen LogP contribution in [0.4, 0.5) is 38.3 Å². The molecule has 18 heteroatoms. The number of aromatic nitrogens is 1. The van der Waals surface area contributed by atoms with E-state index in [1.165, 1.54) is 12.5 Å². The number of anilines is 2. The van der Waals surface area contributed by atoms with E-state index in [2.05, 4.69) is 50.0 Å². The monoisotopic (exact) mass is 912 g/mol. The number of alkyl carbamates (subject to hydrolysis) is 1. The Balaban J connectivity index is 1.11. The zero-order chi connectivity index (χ0) is 47.6. The van der Waals surface area contributed by atoms with Gasteiger partial charge in [-0.15, -0.1) is 0 Å². The second kappa shape index (κ2) is 25.2. The molecular weight excluding hydrogens is 856 g/mol. The summed E-state index contributed by atoms with van der Waals surface area (Å²) in [5, 5.41) is 11.8. The van der Waals surface area contributed by atoms with Gasteiger partial charge in [-0.1, -0.05) is 64.3 Å². The number of nitrogens with two attached hydrogens (primary N) is 1.